The summed E-state index contributed by atoms with van der Waals surface area (Å²) in [5, 5.41) is 0. The maximum absolute atomic E-state index is 13.2. The maximum Gasteiger partial charge on any atom is 0.416 e. The summed E-state index contributed by atoms with van der Waals surface area (Å²) in [6.07, 6.45) is -4.29. The van der Waals surface area contributed by atoms with Crippen molar-refractivity contribution in [3.05, 3.63) is 34.9 Å². The smallest absolute Gasteiger partial charge is 0.301 e. The standard InChI is InChI=1S/C16H23F3N2/c1-4-20-7-9-21(10-8-20)13(3)14-6-5-12(2)11-15(14)16(17,18)19/h5-6,11,13H,4,7-10H2,1-3H3. The van der Waals surface area contributed by atoms with Gasteiger partial charge in [0.1, 0.15) is 0 Å². The molecule has 1 aromatic rings. The van der Waals surface area contributed by atoms with E-state index in [9.17, 15) is 13.2 Å². The van der Waals surface area contributed by atoms with Crippen molar-refractivity contribution in [2.75, 3.05) is 32.7 Å². The predicted octanol–water partition coefficient (Wildman–Crippen LogP) is 3.71. The number of benzene rings is 1. The minimum Gasteiger partial charge on any atom is -0.301 e. The van der Waals surface area contributed by atoms with E-state index in [4.69, 9.17) is 0 Å². The minimum atomic E-state index is -4.29. The van der Waals surface area contributed by atoms with Crippen molar-refractivity contribution in [2.45, 2.75) is 33.0 Å². The number of alkyl halides is 3. The Kier molecular flexibility index (Phi) is 4.94. The van der Waals surface area contributed by atoms with Gasteiger partial charge in [0, 0.05) is 32.2 Å². The van der Waals surface area contributed by atoms with E-state index in [1.54, 1.807) is 19.1 Å². The Morgan fingerprint density at radius 2 is 1.76 bits per heavy atom. The van der Waals surface area contributed by atoms with E-state index in [1.165, 1.54) is 6.07 Å². The second kappa shape index (κ2) is 6.36. The monoisotopic (exact) mass is 300 g/mol. The Labute approximate surface area is 124 Å². The lowest BCUT2D eigenvalue weighted by Crippen LogP contribution is -2.47. The molecule has 0 bridgehead atoms. The number of aryl methyl sites for hydroxylation is 1. The van der Waals surface area contributed by atoms with Crippen LogP contribution in [0.3, 0.4) is 0 Å². The van der Waals surface area contributed by atoms with E-state index in [0.717, 1.165) is 32.7 Å². The highest BCUT2D eigenvalue weighted by atomic mass is 19.4. The predicted molar refractivity (Wildman–Crippen MR) is 78.3 cm³/mol. The van der Waals surface area contributed by atoms with Crippen LogP contribution in [0.2, 0.25) is 0 Å². The third-order valence-electron chi connectivity index (χ3n) is 4.37. The Morgan fingerprint density at radius 3 is 2.29 bits per heavy atom. The summed E-state index contributed by atoms with van der Waals surface area (Å²) >= 11 is 0. The minimum absolute atomic E-state index is 0.207. The first kappa shape index (κ1) is 16.3. The third kappa shape index (κ3) is 3.77. The van der Waals surface area contributed by atoms with E-state index < -0.39 is 11.7 Å². The van der Waals surface area contributed by atoms with Gasteiger partial charge in [-0.15, -0.1) is 0 Å². The van der Waals surface area contributed by atoms with Crippen LogP contribution < -0.4 is 0 Å². The lowest BCUT2D eigenvalue weighted by molar-refractivity contribution is -0.138. The van der Waals surface area contributed by atoms with E-state index in [1.807, 2.05) is 6.92 Å². The van der Waals surface area contributed by atoms with Gasteiger partial charge in [0.05, 0.1) is 5.56 Å². The first-order valence-electron chi connectivity index (χ1n) is 7.47. The molecule has 21 heavy (non-hydrogen) atoms. The fourth-order valence-corrected chi connectivity index (χ4v) is 2.94. The van der Waals surface area contributed by atoms with Gasteiger partial charge in [0.2, 0.25) is 0 Å². The molecular weight excluding hydrogens is 277 g/mol. The molecule has 2 rings (SSSR count). The summed E-state index contributed by atoms with van der Waals surface area (Å²) in [5.41, 5.74) is 0.542. The van der Waals surface area contributed by atoms with Gasteiger partial charge in [0.25, 0.3) is 0 Å². The van der Waals surface area contributed by atoms with Crippen LogP contribution in [0.25, 0.3) is 0 Å². The first-order valence-corrected chi connectivity index (χ1v) is 7.47. The Bertz CT molecular complexity index is 477. The van der Waals surface area contributed by atoms with Crippen molar-refractivity contribution >= 4 is 0 Å². The molecule has 1 fully saturated rings. The summed E-state index contributed by atoms with van der Waals surface area (Å²) in [7, 11) is 0. The van der Waals surface area contributed by atoms with E-state index >= 15 is 0 Å². The quantitative estimate of drug-likeness (QED) is 0.839. The molecular formula is C16H23F3N2. The summed E-state index contributed by atoms with van der Waals surface area (Å²) in [4.78, 5) is 4.47. The number of likely N-dealkylation sites (N-methyl/N-ethyl adjacent to an activating group) is 1. The molecule has 0 amide bonds. The van der Waals surface area contributed by atoms with Crippen LogP contribution in [0.5, 0.6) is 0 Å². The molecule has 5 heteroatoms. The zero-order chi connectivity index (χ0) is 15.6. The lowest BCUT2D eigenvalue weighted by atomic mass is 9.97. The molecule has 1 aromatic carbocycles. The SMILES string of the molecule is CCN1CCN(C(C)c2ccc(C)cc2C(F)(F)F)CC1. The molecule has 1 saturated heterocycles. The molecule has 0 spiro atoms. The molecule has 0 N–H and O–H groups in total. The molecule has 2 nitrogen and oxygen atoms in total. The number of hydrogen-bond acceptors (Lipinski definition) is 2. The Hall–Kier alpha value is -1.07. The second-order valence-corrected chi connectivity index (χ2v) is 5.73. The van der Waals surface area contributed by atoms with Crippen molar-refractivity contribution < 1.29 is 13.2 Å². The van der Waals surface area contributed by atoms with Gasteiger partial charge in [-0.1, -0.05) is 24.6 Å². The summed E-state index contributed by atoms with van der Waals surface area (Å²) in [6.45, 7) is 10.2. The summed E-state index contributed by atoms with van der Waals surface area (Å²) in [5.74, 6) is 0. The average Bonchev–Trinajstić information content (AvgIpc) is 2.45. The second-order valence-electron chi connectivity index (χ2n) is 5.73. The molecule has 1 atom stereocenters. The zero-order valence-electron chi connectivity index (χ0n) is 12.9. The molecule has 0 saturated carbocycles. The van der Waals surface area contributed by atoms with Gasteiger partial charge in [-0.2, -0.15) is 13.2 Å². The molecule has 1 heterocycles. The summed E-state index contributed by atoms with van der Waals surface area (Å²) < 4.78 is 39.7. The number of rotatable bonds is 3. The van der Waals surface area contributed by atoms with Crippen LogP contribution in [0, 0.1) is 6.92 Å². The fraction of sp³-hybridized carbons (Fsp3) is 0.625. The molecule has 1 unspecified atom stereocenters. The maximum atomic E-state index is 13.2. The van der Waals surface area contributed by atoms with Crippen molar-refractivity contribution in [3.63, 3.8) is 0 Å². The van der Waals surface area contributed by atoms with Gasteiger partial charge in [-0.25, -0.2) is 0 Å². The molecule has 1 aliphatic rings. The average molecular weight is 300 g/mol. The van der Waals surface area contributed by atoms with Crippen LogP contribution in [-0.2, 0) is 6.18 Å². The van der Waals surface area contributed by atoms with E-state index in [0.29, 0.717) is 11.1 Å². The van der Waals surface area contributed by atoms with Gasteiger partial charge in [0.15, 0.2) is 0 Å². The van der Waals surface area contributed by atoms with Crippen LogP contribution in [0.1, 0.15) is 36.6 Å². The van der Waals surface area contributed by atoms with Crippen LogP contribution >= 0.6 is 0 Å². The van der Waals surface area contributed by atoms with Crippen molar-refractivity contribution in [2.24, 2.45) is 0 Å². The summed E-state index contributed by atoms with van der Waals surface area (Å²) in [6, 6.07) is 4.45. The number of nitrogens with zero attached hydrogens (tertiary/aromatic N) is 2. The lowest BCUT2D eigenvalue weighted by Gasteiger charge is -2.38. The van der Waals surface area contributed by atoms with Crippen molar-refractivity contribution in [3.8, 4) is 0 Å². The first-order chi connectivity index (χ1) is 9.82. The van der Waals surface area contributed by atoms with Crippen LogP contribution in [0.4, 0.5) is 13.2 Å². The normalized spacial score (nSPS) is 19.7. The molecule has 0 radical (unpaired) electrons. The molecule has 1 aliphatic heterocycles. The van der Waals surface area contributed by atoms with Gasteiger partial charge < -0.3 is 4.90 Å². The Morgan fingerprint density at radius 1 is 1.14 bits per heavy atom. The molecule has 118 valence electrons. The van der Waals surface area contributed by atoms with Gasteiger partial charge >= 0.3 is 6.18 Å². The number of piperazine rings is 1. The third-order valence-corrected chi connectivity index (χ3v) is 4.37. The fourth-order valence-electron chi connectivity index (χ4n) is 2.94. The molecule has 0 aliphatic carbocycles. The topological polar surface area (TPSA) is 6.48 Å². The van der Waals surface area contributed by atoms with E-state index in [2.05, 4.69) is 16.7 Å². The van der Waals surface area contributed by atoms with Gasteiger partial charge in [-0.3, -0.25) is 4.90 Å². The highest BCUT2D eigenvalue weighted by Gasteiger charge is 2.36. The largest absolute Gasteiger partial charge is 0.416 e. The zero-order valence-corrected chi connectivity index (χ0v) is 12.9. The molecule has 0 aromatic heterocycles. The van der Waals surface area contributed by atoms with Crippen LogP contribution in [0.15, 0.2) is 18.2 Å². The van der Waals surface area contributed by atoms with Crippen molar-refractivity contribution in [1.29, 1.82) is 0 Å². The number of hydrogen-bond donors (Lipinski definition) is 0. The van der Waals surface area contributed by atoms with Gasteiger partial charge in [-0.05, 0) is 32.0 Å². The van der Waals surface area contributed by atoms with Crippen LogP contribution in [-0.4, -0.2) is 42.5 Å². The highest BCUT2D eigenvalue weighted by molar-refractivity contribution is 5.35. The highest BCUT2D eigenvalue weighted by Crippen LogP contribution is 2.37. The van der Waals surface area contributed by atoms with Crippen molar-refractivity contribution in [1.82, 2.24) is 9.80 Å². The van der Waals surface area contributed by atoms with E-state index in [-0.39, 0.29) is 6.04 Å². The number of halogens is 3. The Balaban J connectivity index is 2.21.